The van der Waals surface area contributed by atoms with Crippen molar-refractivity contribution < 1.29 is 14.6 Å². The Balaban J connectivity index is 3.09. The molecule has 4 heteroatoms. The number of hydrogen-bond acceptors (Lipinski definition) is 3. The van der Waals surface area contributed by atoms with Crippen molar-refractivity contribution in [2.45, 2.75) is 12.8 Å². The first kappa shape index (κ1) is 12.1. The fourth-order valence-electron chi connectivity index (χ4n) is 1.49. The Labute approximate surface area is 94.6 Å². The molecule has 0 spiro atoms. The zero-order valence-corrected chi connectivity index (χ0v) is 9.67. The van der Waals surface area contributed by atoms with Gasteiger partial charge in [0.2, 0.25) is 0 Å². The molecule has 15 heavy (non-hydrogen) atoms. The van der Waals surface area contributed by atoms with E-state index in [0.717, 1.165) is 11.3 Å². The third-order valence-corrected chi connectivity index (χ3v) is 2.48. The van der Waals surface area contributed by atoms with E-state index in [1.807, 2.05) is 0 Å². The molecule has 1 rings (SSSR count). The van der Waals surface area contributed by atoms with Gasteiger partial charge in [0.25, 0.3) is 0 Å². The van der Waals surface area contributed by atoms with Crippen LogP contribution >= 0.6 is 11.6 Å². The van der Waals surface area contributed by atoms with Crippen LogP contribution in [0.15, 0.2) is 12.1 Å². The van der Waals surface area contributed by atoms with Crippen LogP contribution in [0.3, 0.4) is 0 Å². The SMILES string of the molecule is COc1ccc(Cl)c(OC)c1CCCO. The Bertz CT molecular complexity index is 326. The lowest BCUT2D eigenvalue weighted by atomic mass is 10.1. The van der Waals surface area contributed by atoms with Crippen LogP contribution in [0, 0.1) is 0 Å². The summed E-state index contributed by atoms with van der Waals surface area (Å²) in [5.41, 5.74) is 0.904. The standard InChI is InChI=1S/C11H15ClO3/c1-14-10-6-5-9(12)11(15-2)8(10)4-3-7-13/h5-6,13H,3-4,7H2,1-2H3. The molecule has 1 aromatic carbocycles. The van der Waals surface area contributed by atoms with Crippen LogP contribution in [0.2, 0.25) is 5.02 Å². The minimum absolute atomic E-state index is 0.138. The third-order valence-electron chi connectivity index (χ3n) is 2.18. The molecule has 0 heterocycles. The summed E-state index contributed by atoms with van der Waals surface area (Å²) in [4.78, 5) is 0. The third kappa shape index (κ3) is 2.76. The van der Waals surface area contributed by atoms with Gasteiger partial charge in [-0.2, -0.15) is 0 Å². The monoisotopic (exact) mass is 230 g/mol. The molecule has 1 N–H and O–H groups in total. The fraction of sp³-hybridized carbons (Fsp3) is 0.455. The average Bonchev–Trinajstić information content (AvgIpc) is 2.26. The summed E-state index contributed by atoms with van der Waals surface area (Å²) in [6, 6.07) is 3.54. The molecule has 0 saturated carbocycles. The second-order valence-corrected chi connectivity index (χ2v) is 3.50. The number of ether oxygens (including phenoxy) is 2. The predicted octanol–water partition coefficient (Wildman–Crippen LogP) is 2.28. The van der Waals surface area contributed by atoms with Crippen molar-refractivity contribution in [3.8, 4) is 11.5 Å². The van der Waals surface area contributed by atoms with Crippen molar-refractivity contribution in [2.75, 3.05) is 20.8 Å². The summed E-state index contributed by atoms with van der Waals surface area (Å²) in [5, 5.41) is 9.37. The van der Waals surface area contributed by atoms with E-state index in [-0.39, 0.29) is 6.61 Å². The van der Waals surface area contributed by atoms with E-state index in [1.54, 1.807) is 26.4 Å². The van der Waals surface area contributed by atoms with E-state index in [2.05, 4.69) is 0 Å². The summed E-state index contributed by atoms with van der Waals surface area (Å²) in [7, 11) is 3.17. The molecule has 0 aliphatic rings. The first-order chi connectivity index (χ1) is 7.24. The second kappa shape index (κ2) is 5.83. The largest absolute Gasteiger partial charge is 0.496 e. The zero-order valence-electron chi connectivity index (χ0n) is 8.92. The van der Waals surface area contributed by atoms with Gasteiger partial charge in [-0.25, -0.2) is 0 Å². The number of aliphatic hydroxyl groups is 1. The Hall–Kier alpha value is -0.930. The quantitative estimate of drug-likeness (QED) is 0.844. The second-order valence-electron chi connectivity index (χ2n) is 3.09. The van der Waals surface area contributed by atoms with Gasteiger partial charge in [-0.15, -0.1) is 0 Å². The van der Waals surface area contributed by atoms with Gasteiger partial charge in [0, 0.05) is 12.2 Å². The van der Waals surface area contributed by atoms with Gasteiger partial charge in [-0.3, -0.25) is 0 Å². The van der Waals surface area contributed by atoms with Gasteiger partial charge in [0.15, 0.2) is 0 Å². The molecule has 0 amide bonds. The summed E-state index contributed by atoms with van der Waals surface area (Å²) < 4.78 is 10.4. The highest BCUT2D eigenvalue weighted by atomic mass is 35.5. The molecular weight excluding hydrogens is 216 g/mol. The van der Waals surface area contributed by atoms with Crippen LogP contribution in [-0.4, -0.2) is 25.9 Å². The van der Waals surface area contributed by atoms with Crippen LogP contribution in [0.5, 0.6) is 11.5 Å². The molecule has 0 aliphatic heterocycles. The van der Waals surface area contributed by atoms with E-state index in [4.69, 9.17) is 26.2 Å². The van der Waals surface area contributed by atoms with Gasteiger partial charge >= 0.3 is 0 Å². The van der Waals surface area contributed by atoms with Gasteiger partial charge in [-0.05, 0) is 25.0 Å². The lowest BCUT2D eigenvalue weighted by Gasteiger charge is -2.13. The Morgan fingerprint density at radius 1 is 1.27 bits per heavy atom. The van der Waals surface area contributed by atoms with Crippen LogP contribution in [0.1, 0.15) is 12.0 Å². The minimum atomic E-state index is 0.138. The molecule has 84 valence electrons. The Morgan fingerprint density at radius 2 is 2.00 bits per heavy atom. The van der Waals surface area contributed by atoms with E-state index in [9.17, 15) is 0 Å². The number of aliphatic hydroxyl groups excluding tert-OH is 1. The number of hydrogen-bond donors (Lipinski definition) is 1. The van der Waals surface area contributed by atoms with Crippen molar-refractivity contribution in [3.05, 3.63) is 22.7 Å². The topological polar surface area (TPSA) is 38.7 Å². The van der Waals surface area contributed by atoms with E-state index >= 15 is 0 Å². The van der Waals surface area contributed by atoms with Crippen molar-refractivity contribution in [1.82, 2.24) is 0 Å². The molecule has 0 atom stereocenters. The summed E-state index contributed by atoms with van der Waals surface area (Å²) >= 11 is 5.99. The van der Waals surface area contributed by atoms with Gasteiger partial charge in [0.1, 0.15) is 11.5 Å². The number of rotatable bonds is 5. The first-order valence-corrected chi connectivity index (χ1v) is 5.12. The number of methoxy groups -OCH3 is 2. The lowest BCUT2D eigenvalue weighted by Crippen LogP contribution is -1.99. The highest BCUT2D eigenvalue weighted by Gasteiger charge is 2.13. The molecule has 0 bridgehead atoms. The summed E-state index contributed by atoms with van der Waals surface area (Å²) in [5.74, 6) is 1.37. The highest BCUT2D eigenvalue weighted by molar-refractivity contribution is 6.32. The van der Waals surface area contributed by atoms with Crippen LogP contribution in [0.4, 0.5) is 0 Å². The smallest absolute Gasteiger partial charge is 0.144 e. The van der Waals surface area contributed by atoms with Crippen molar-refractivity contribution in [2.24, 2.45) is 0 Å². The van der Waals surface area contributed by atoms with Gasteiger partial charge in [0.05, 0.1) is 19.2 Å². The molecule has 0 unspecified atom stereocenters. The average molecular weight is 231 g/mol. The maximum atomic E-state index is 8.81. The summed E-state index contributed by atoms with van der Waals surface area (Å²) in [6.45, 7) is 0.138. The fourth-order valence-corrected chi connectivity index (χ4v) is 1.74. The molecule has 1 aromatic rings. The van der Waals surface area contributed by atoms with Crippen LogP contribution < -0.4 is 9.47 Å². The lowest BCUT2D eigenvalue weighted by molar-refractivity contribution is 0.286. The van der Waals surface area contributed by atoms with Crippen molar-refractivity contribution >= 4 is 11.6 Å². The van der Waals surface area contributed by atoms with Crippen LogP contribution in [-0.2, 0) is 6.42 Å². The maximum Gasteiger partial charge on any atom is 0.144 e. The molecule has 0 aromatic heterocycles. The molecular formula is C11H15ClO3. The zero-order chi connectivity index (χ0) is 11.3. The predicted molar refractivity (Wildman–Crippen MR) is 60.0 cm³/mol. The molecule has 0 saturated heterocycles. The maximum absolute atomic E-state index is 8.81. The number of halogens is 1. The van der Waals surface area contributed by atoms with Gasteiger partial charge in [-0.1, -0.05) is 11.6 Å². The van der Waals surface area contributed by atoms with Gasteiger partial charge < -0.3 is 14.6 Å². The first-order valence-electron chi connectivity index (χ1n) is 4.74. The Kier molecular flexibility index (Phi) is 4.72. The molecule has 0 radical (unpaired) electrons. The normalized spacial score (nSPS) is 10.1. The van der Waals surface area contributed by atoms with Crippen molar-refractivity contribution in [3.63, 3.8) is 0 Å². The van der Waals surface area contributed by atoms with E-state index < -0.39 is 0 Å². The highest BCUT2D eigenvalue weighted by Crippen LogP contribution is 2.35. The summed E-state index contributed by atoms with van der Waals surface area (Å²) in [6.07, 6.45) is 1.34. The molecule has 3 nitrogen and oxygen atoms in total. The Morgan fingerprint density at radius 3 is 2.53 bits per heavy atom. The number of benzene rings is 1. The van der Waals surface area contributed by atoms with E-state index in [1.165, 1.54) is 0 Å². The molecule has 0 aliphatic carbocycles. The van der Waals surface area contributed by atoms with Crippen LogP contribution in [0.25, 0.3) is 0 Å². The molecule has 0 fully saturated rings. The van der Waals surface area contributed by atoms with E-state index in [0.29, 0.717) is 23.6 Å². The van der Waals surface area contributed by atoms with Crippen molar-refractivity contribution in [1.29, 1.82) is 0 Å². The minimum Gasteiger partial charge on any atom is -0.496 e.